The Bertz CT molecular complexity index is 875. The number of hydrogen-bond acceptors (Lipinski definition) is 4. The number of hydrogen-bond donors (Lipinski definition) is 1. The van der Waals surface area contributed by atoms with Gasteiger partial charge in [-0.2, -0.15) is 5.10 Å². The molecule has 110 valence electrons. The topological polar surface area (TPSA) is 74.8 Å². The van der Waals surface area contributed by atoms with E-state index >= 15 is 0 Å². The first kappa shape index (κ1) is 12.9. The molecule has 0 unspecified atom stereocenters. The lowest BCUT2D eigenvalue weighted by atomic mass is 10.1. The Hall–Kier alpha value is -2.83. The predicted octanol–water partition coefficient (Wildman–Crippen LogP) is 2.08. The van der Waals surface area contributed by atoms with Crippen LogP contribution in [0.25, 0.3) is 11.0 Å². The molecule has 22 heavy (non-hydrogen) atoms. The number of anilines is 1. The highest BCUT2D eigenvalue weighted by atomic mass is 19.1. The SMILES string of the molecule is O=C(c1ccnc2cc(F)cnc12)N1CCCc2[nH]ncc21. The molecule has 0 saturated carbocycles. The van der Waals surface area contributed by atoms with E-state index in [4.69, 9.17) is 0 Å². The molecule has 1 aliphatic rings. The summed E-state index contributed by atoms with van der Waals surface area (Å²) >= 11 is 0. The lowest BCUT2D eigenvalue weighted by Gasteiger charge is -2.26. The van der Waals surface area contributed by atoms with Gasteiger partial charge in [-0.25, -0.2) is 4.39 Å². The van der Waals surface area contributed by atoms with Crippen molar-refractivity contribution >= 4 is 22.6 Å². The number of aryl methyl sites for hydroxylation is 1. The molecule has 3 aromatic heterocycles. The average Bonchev–Trinajstić information content (AvgIpc) is 3.01. The Balaban J connectivity index is 1.82. The summed E-state index contributed by atoms with van der Waals surface area (Å²) < 4.78 is 13.3. The summed E-state index contributed by atoms with van der Waals surface area (Å²) in [6.07, 6.45) is 5.99. The van der Waals surface area contributed by atoms with Gasteiger partial charge in [-0.1, -0.05) is 0 Å². The first-order valence-electron chi connectivity index (χ1n) is 6.98. The molecule has 0 aromatic carbocycles. The molecule has 0 spiro atoms. The van der Waals surface area contributed by atoms with Crippen molar-refractivity contribution in [3.05, 3.63) is 47.8 Å². The van der Waals surface area contributed by atoms with Crippen LogP contribution in [0.4, 0.5) is 10.1 Å². The van der Waals surface area contributed by atoms with E-state index in [2.05, 4.69) is 20.2 Å². The predicted molar refractivity (Wildman–Crippen MR) is 78.1 cm³/mol. The van der Waals surface area contributed by atoms with Gasteiger partial charge in [-0.05, 0) is 18.9 Å². The van der Waals surface area contributed by atoms with Crippen LogP contribution in [0.5, 0.6) is 0 Å². The molecule has 0 saturated heterocycles. The van der Waals surface area contributed by atoms with Crippen LogP contribution in [-0.4, -0.2) is 32.6 Å². The fraction of sp³-hybridized carbons (Fsp3) is 0.200. The fourth-order valence-corrected chi connectivity index (χ4v) is 2.79. The van der Waals surface area contributed by atoms with Gasteiger partial charge in [0.1, 0.15) is 11.3 Å². The third-order valence-electron chi connectivity index (χ3n) is 3.81. The summed E-state index contributed by atoms with van der Waals surface area (Å²) in [5, 5.41) is 6.92. The van der Waals surface area contributed by atoms with Crippen molar-refractivity contribution in [2.45, 2.75) is 12.8 Å². The molecule has 0 radical (unpaired) electrons. The second-order valence-electron chi connectivity index (χ2n) is 5.17. The van der Waals surface area contributed by atoms with Crippen molar-refractivity contribution in [2.75, 3.05) is 11.4 Å². The normalized spacial score (nSPS) is 14.1. The molecular formula is C15H12FN5O. The van der Waals surface area contributed by atoms with Gasteiger partial charge in [0, 0.05) is 18.8 Å². The van der Waals surface area contributed by atoms with E-state index < -0.39 is 5.82 Å². The van der Waals surface area contributed by atoms with Crippen LogP contribution in [0, 0.1) is 5.82 Å². The average molecular weight is 297 g/mol. The zero-order valence-electron chi connectivity index (χ0n) is 11.6. The van der Waals surface area contributed by atoms with E-state index in [0.29, 0.717) is 23.1 Å². The number of nitrogens with zero attached hydrogens (tertiary/aromatic N) is 4. The number of carbonyl (C=O) groups excluding carboxylic acids is 1. The van der Waals surface area contributed by atoms with Crippen LogP contribution >= 0.6 is 0 Å². The largest absolute Gasteiger partial charge is 0.305 e. The first-order chi connectivity index (χ1) is 10.7. The van der Waals surface area contributed by atoms with Crippen LogP contribution in [0.2, 0.25) is 0 Å². The highest BCUT2D eigenvalue weighted by Gasteiger charge is 2.26. The van der Waals surface area contributed by atoms with E-state index in [9.17, 15) is 9.18 Å². The summed E-state index contributed by atoms with van der Waals surface area (Å²) in [6.45, 7) is 0.621. The number of amides is 1. The third kappa shape index (κ3) is 1.93. The minimum absolute atomic E-state index is 0.172. The number of aromatic nitrogens is 4. The number of fused-ring (bicyclic) bond motifs is 2. The number of carbonyl (C=O) groups is 1. The van der Waals surface area contributed by atoms with Crippen LogP contribution in [0.3, 0.4) is 0 Å². The fourth-order valence-electron chi connectivity index (χ4n) is 2.79. The summed E-state index contributed by atoms with van der Waals surface area (Å²) in [6, 6.07) is 2.89. The second-order valence-corrected chi connectivity index (χ2v) is 5.17. The zero-order chi connectivity index (χ0) is 15.1. The molecule has 0 aliphatic carbocycles. The Morgan fingerprint density at radius 1 is 1.32 bits per heavy atom. The van der Waals surface area contributed by atoms with Gasteiger partial charge in [0.05, 0.1) is 34.9 Å². The maximum atomic E-state index is 13.3. The molecule has 0 fully saturated rings. The Kier molecular flexibility index (Phi) is 2.85. The lowest BCUT2D eigenvalue weighted by Crippen LogP contribution is -2.35. The maximum absolute atomic E-state index is 13.3. The van der Waals surface area contributed by atoms with Crippen LogP contribution < -0.4 is 4.90 Å². The van der Waals surface area contributed by atoms with Gasteiger partial charge in [0.25, 0.3) is 5.91 Å². The summed E-state index contributed by atoms with van der Waals surface area (Å²) in [5.41, 5.74) is 2.94. The molecule has 4 heterocycles. The second kappa shape index (κ2) is 4.87. The molecule has 0 bridgehead atoms. The van der Waals surface area contributed by atoms with Crippen LogP contribution in [-0.2, 0) is 6.42 Å². The van der Waals surface area contributed by atoms with E-state index in [1.807, 2.05) is 0 Å². The van der Waals surface area contributed by atoms with Gasteiger partial charge >= 0.3 is 0 Å². The Morgan fingerprint density at radius 3 is 3.14 bits per heavy atom. The van der Waals surface area contributed by atoms with Crippen LogP contribution in [0.15, 0.2) is 30.7 Å². The van der Waals surface area contributed by atoms with Crippen molar-refractivity contribution in [1.29, 1.82) is 0 Å². The molecule has 1 N–H and O–H groups in total. The van der Waals surface area contributed by atoms with E-state index in [1.165, 1.54) is 12.3 Å². The lowest BCUT2D eigenvalue weighted by molar-refractivity contribution is 0.0986. The molecular weight excluding hydrogens is 285 g/mol. The molecule has 1 amide bonds. The number of rotatable bonds is 1. The van der Waals surface area contributed by atoms with Crippen LogP contribution in [0.1, 0.15) is 22.5 Å². The molecule has 0 atom stereocenters. The van der Waals surface area contributed by atoms with Gasteiger partial charge in [-0.15, -0.1) is 0 Å². The number of nitrogens with one attached hydrogen (secondary N) is 1. The molecule has 6 nitrogen and oxygen atoms in total. The van der Waals surface area contributed by atoms with Crippen molar-refractivity contribution < 1.29 is 9.18 Å². The minimum Gasteiger partial charge on any atom is -0.305 e. The number of aromatic amines is 1. The Morgan fingerprint density at radius 2 is 2.23 bits per heavy atom. The maximum Gasteiger partial charge on any atom is 0.260 e. The Labute approximate surface area is 125 Å². The van der Waals surface area contributed by atoms with Gasteiger partial charge in [0.15, 0.2) is 0 Å². The van der Waals surface area contributed by atoms with Gasteiger partial charge in [-0.3, -0.25) is 19.9 Å². The highest BCUT2D eigenvalue weighted by molar-refractivity contribution is 6.12. The molecule has 1 aliphatic heterocycles. The first-order valence-corrected chi connectivity index (χ1v) is 6.98. The van der Waals surface area contributed by atoms with Crippen molar-refractivity contribution in [3.8, 4) is 0 Å². The van der Waals surface area contributed by atoms with E-state index in [0.717, 1.165) is 30.4 Å². The number of pyridine rings is 2. The van der Waals surface area contributed by atoms with Gasteiger partial charge < -0.3 is 4.90 Å². The number of halogens is 1. The molecule has 3 aromatic rings. The van der Waals surface area contributed by atoms with Crippen molar-refractivity contribution in [3.63, 3.8) is 0 Å². The monoisotopic (exact) mass is 297 g/mol. The standard InChI is InChI=1S/C15H12FN5O/c16-9-6-12-14(18-7-9)10(3-4-17-12)15(22)21-5-1-2-11-13(21)8-19-20-11/h3-4,6-8H,1-2,5H2,(H,19,20). The third-order valence-corrected chi connectivity index (χ3v) is 3.81. The number of H-pyrrole nitrogens is 1. The zero-order valence-corrected chi connectivity index (χ0v) is 11.6. The summed E-state index contributed by atoms with van der Waals surface area (Å²) in [5.74, 6) is -0.645. The van der Waals surface area contributed by atoms with Gasteiger partial charge in [0.2, 0.25) is 0 Å². The minimum atomic E-state index is -0.473. The highest BCUT2D eigenvalue weighted by Crippen LogP contribution is 2.27. The van der Waals surface area contributed by atoms with Crippen molar-refractivity contribution in [1.82, 2.24) is 20.2 Å². The molecule has 7 heteroatoms. The van der Waals surface area contributed by atoms with E-state index in [1.54, 1.807) is 17.2 Å². The summed E-state index contributed by atoms with van der Waals surface area (Å²) in [4.78, 5) is 22.7. The van der Waals surface area contributed by atoms with E-state index in [-0.39, 0.29) is 5.91 Å². The smallest absolute Gasteiger partial charge is 0.260 e. The quantitative estimate of drug-likeness (QED) is 0.746. The molecule has 4 rings (SSSR count). The van der Waals surface area contributed by atoms with Crippen molar-refractivity contribution in [2.24, 2.45) is 0 Å². The summed E-state index contributed by atoms with van der Waals surface area (Å²) in [7, 11) is 0.